The van der Waals surface area contributed by atoms with Crippen molar-refractivity contribution < 1.29 is 5.11 Å². The Bertz CT molecular complexity index is 291. The Morgan fingerprint density at radius 1 is 1.40 bits per heavy atom. The van der Waals surface area contributed by atoms with Crippen LogP contribution >= 0.6 is 0 Å². The third-order valence-corrected chi connectivity index (χ3v) is 2.99. The molecule has 0 radical (unpaired) electrons. The van der Waals surface area contributed by atoms with E-state index in [9.17, 15) is 5.11 Å². The molecule has 0 aliphatic heterocycles. The van der Waals surface area contributed by atoms with Gasteiger partial charge in [0.1, 0.15) is 5.82 Å². The normalized spacial score (nSPS) is 26.2. The van der Waals surface area contributed by atoms with E-state index in [0.717, 1.165) is 31.6 Å². The second kappa shape index (κ2) is 5.07. The number of rotatable bonds is 3. The van der Waals surface area contributed by atoms with E-state index in [0.29, 0.717) is 5.92 Å². The van der Waals surface area contributed by atoms with Crippen molar-refractivity contribution in [2.24, 2.45) is 5.92 Å². The second-order valence-corrected chi connectivity index (χ2v) is 4.10. The highest BCUT2D eigenvalue weighted by Gasteiger charge is 2.22. The molecule has 1 aliphatic carbocycles. The standard InChI is InChI=1S/C11H17N3O/c15-10-5-2-1-4-9(10)8-12-11-6-3-7-13-14-11/h3,6-7,9-10,15H,1-2,4-5,8H2,(H,12,14). The summed E-state index contributed by atoms with van der Waals surface area (Å²) in [6.07, 6.45) is 5.93. The lowest BCUT2D eigenvalue weighted by molar-refractivity contribution is 0.0763. The lowest BCUT2D eigenvalue weighted by atomic mass is 9.86. The zero-order valence-electron chi connectivity index (χ0n) is 8.76. The van der Waals surface area contributed by atoms with Crippen LogP contribution in [0.4, 0.5) is 5.82 Å². The summed E-state index contributed by atoms with van der Waals surface area (Å²) in [5.74, 6) is 1.15. The molecule has 2 rings (SSSR count). The van der Waals surface area contributed by atoms with Crippen LogP contribution in [0.3, 0.4) is 0 Å². The summed E-state index contributed by atoms with van der Waals surface area (Å²) in [6.45, 7) is 0.792. The summed E-state index contributed by atoms with van der Waals surface area (Å²) in [5.41, 5.74) is 0. The number of nitrogens with zero attached hydrogens (tertiary/aromatic N) is 2. The smallest absolute Gasteiger partial charge is 0.148 e. The first kappa shape index (κ1) is 10.4. The van der Waals surface area contributed by atoms with Gasteiger partial charge < -0.3 is 10.4 Å². The molecule has 1 aromatic heterocycles. The van der Waals surface area contributed by atoms with Gasteiger partial charge in [0.15, 0.2) is 0 Å². The van der Waals surface area contributed by atoms with Crippen molar-refractivity contribution in [1.29, 1.82) is 0 Å². The molecule has 82 valence electrons. The van der Waals surface area contributed by atoms with Crippen LogP contribution < -0.4 is 5.32 Å². The van der Waals surface area contributed by atoms with Crippen LogP contribution in [0.25, 0.3) is 0 Å². The SMILES string of the molecule is OC1CCCCC1CNc1cccnn1. The van der Waals surface area contributed by atoms with Gasteiger partial charge in [-0.3, -0.25) is 0 Å². The van der Waals surface area contributed by atoms with Crippen molar-refractivity contribution in [3.8, 4) is 0 Å². The van der Waals surface area contributed by atoms with Gasteiger partial charge in [0.25, 0.3) is 0 Å². The third-order valence-electron chi connectivity index (χ3n) is 2.99. The molecule has 2 atom stereocenters. The zero-order chi connectivity index (χ0) is 10.5. The molecular weight excluding hydrogens is 190 g/mol. The molecular formula is C11H17N3O. The summed E-state index contributed by atoms with van der Waals surface area (Å²) >= 11 is 0. The van der Waals surface area contributed by atoms with Gasteiger partial charge in [-0.1, -0.05) is 12.8 Å². The monoisotopic (exact) mass is 207 g/mol. The molecule has 1 aromatic rings. The van der Waals surface area contributed by atoms with Crippen LogP contribution in [-0.4, -0.2) is 28.0 Å². The van der Waals surface area contributed by atoms with Gasteiger partial charge >= 0.3 is 0 Å². The molecule has 0 bridgehead atoms. The maximum absolute atomic E-state index is 9.77. The molecule has 4 nitrogen and oxygen atoms in total. The lowest BCUT2D eigenvalue weighted by Gasteiger charge is -2.27. The highest BCUT2D eigenvalue weighted by molar-refractivity contribution is 5.31. The van der Waals surface area contributed by atoms with Crippen LogP contribution in [0, 0.1) is 5.92 Å². The predicted octanol–water partition coefficient (Wildman–Crippen LogP) is 1.44. The van der Waals surface area contributed by atoms with Crippen LogP contribution in [0.5, 0.6) is 0 Å². The fraction of sp³-hybridized carbons (Fsp3) is 0.636. The largest absolute Gasteiger partial charge is 0.393 e. The molecule has 4 heteroatoms. The number of aromatic nitrogens is 2. The summed E-state index contributed by atoms with van der Waals surface area (Å²) < 4.78 is 0. The number of hydrogen-bond acceptors (Lipinski definition) is 4. The van der Waals surface area contributed by atoms with E-state index in [-0.39, 0.29) is 6.10 Å². The average molecular weight is 207 g/mol. The Morgan fingerprint density at radius 3 is 3.00 bits per heavy atom. The summed E-state index contributed by atoms with van der Waals surface area (Å²) in [6, 6.07) is 3.74. The van der Waals surface area contributed by atoms with E-state index >= 15 is 0 Å². The molecule has 15 heavy (non-hydrogen) atoms. The molecule has 0 spiro atoms. The third kappa shape index (κ3) is 2.89. The molecule has 0 aromatic carbocycles. The Balaban J connectivity index is 1.82. The van der Waals surface area contributed by atoms with Crippen molar-refractivity contribution in [3.63, 3.8) is 0 Å². The first-order valence-corrected chi connectivity index (χ1v) is 5.56. The molecule has 1 saturated carbocycles. The Morgan fingerprint density at radius 2 is 2.27 bits per heavy atom. The van der Waals surface area contributed by atoms with E-state index in [2.05, 4.69) is 15.5 Å². The second-order valence-electron chi connectivity index (χ2n) is 4.10. The van der Waals surface area contributed by atoms with Crippen molar-refractivity contribution in [2.75, 3.05) is 11.9 Å². The van der Waals surface area contributed by atoms with Crippen molar-refractivity contribution >= 4 is 5.82 Å². The van der Waals surface area contributed by atoms with Gasteiger partial charge in [-0.05, 0) is 25.0 Å². The minimum absolute atomic E-state index is 0.150. The van der Waals surface area contributed by atoms with E-state index in [1.165, 1.54) is 6.42 Å². The summed E-state index contributed by atoms with van der Waals surface area (Å²) in [5, 5.41) is 20.7. The molecule has 2 N–H and O–H groups in total. The van der Waals surface area contributed by atoms with Crippen molar-refractivity contribution in [1.82, 2.24) is 10.2 Å². The van der Waals surface area contributed by atoms with E-state index in [1.54, 1.807) is 6.20 Å². The fourth-order valence-electron chi connectivity index (χ4n) is 2.06. The fourth-order valence-corrected chi connectivity index (χ4v) is 2.06. The number of hydrogen-bond donors (Lipinski definition) is 2. The maximum atomic E-state index is 9.77. The quantitative estimate of drug-likeness (QED) is 0.787. The van der Waals surface area contributed by atoms with Crippen LogP contribution in [0.1, 0.15) is 25.7 Å². The van der Waals surface area contributed by atoms with Gasteiger partial charge in [0, 0.05) is 18.7 Å². The molecule has 1 aliphatic rings. The first-order valence-electron chi connectivity index (χ1n) is 5.56. The van der Waals surface area contributed by atoms with E-state index in [4.69, 9.17) is 0 Å². The Labute approximate surface area is 89.7 Å². The zero-order valence-corrected chi connectivity index (χ0v) is 8.76. The predicted molar refractivity (Wildman–Crippen MR) is 58.5 cm³/mol. The number of anilines is 1. The van der Waals surface area contributed by atoms with Gasteiger partial charge in [0.2, 0.25) is 0 Å². The minimum Gasteiger partial charge on any atom is -0.393 e. The molecule has 1 heterocycles. The molecule has 0 saturated heterocycles. The highest BCUT2D eigenvalue weighted by atomic mass is 16.3. The van der Waals surface area contributed by atoms with E-state index in [1.807, 2.05) is 12.1 Å². The van der Waals surface area contributed by atoms with Gasteiger partial charge in [-0.15, -0.1) is 5.10 Å². The van der Waals surface area contributed by atoms with Gasteiger partial charge in [-0.2, -0.15) is 5.10 Å². The minimum atomic E-state index is -0.150. The summed E-state index contributed by atoms with van der Waals surface area (Å²) in [7, 11) is 0. The summed E-state index contributed by atoms with van der Waals surface area (Å²) in [4.78, 5) is 0. The Hall–Kier alpha value is -1.16. The van der Waals surface area contributed by atoms with Gasteiger partial charge in [-0.25, -0.2) is 0 Å². The molecule has 0 amide bonds. The first-order chi connectivity index (χ1) is 7.36. The average Bonchev–Trinajstić information content (AvgIpc) is 2.29. The van der Waals surface area contributed by atoms with Crippen LogP contribution in [0.15, 0.2) is 18.3 Å². The number of aliphatic hydroxyl groups is 1. The highest BCUT2D eigenvalue weighted by Crippen LogP contribution is 2.24. The van der Waals surface area contributed by atoms with E-state index < -0.39 is 0 Å². The van der Waals surface area contributed by atoms with Crippen LogP contribution in [0.2, 0.25) is 0 Å². The van der Waals surface area contributed by atoms with Crippen molar-refractivity contribution in [2.45, 2.75) is 31.8 Å². The number of nitrogens with one attached hydrogen (secondary N) is 1. The molecule has 1 fully saturated rings. The maximum Gasteiger partial charge on any atom is 0.148 e. The molecule has 2 unspecified atom stereocenters. The lowest BCUT2D eigenvalue weighted by Crippen LogP contribution is -2.30. The van der Waals surface area contributed by atoms with Crippen molar-refractivity contribution in [3.05, 3.63) is 18.3 Å². The topological polar surface area (TPSA) is 58.0 Å². The number of aliphatic hydroxyl groups excluding tert-OH is 1. The Kier molecular flexibility index (Phi) is 3.50. The van der Waals surface area contributed by atoms with Crippen LogP contribution in [-0.2, 0) is 0 Å². The van der Waals surface area contributed by atoms with Gasteiger partial charge in [0.05, 0.1) is 6.10 Å².